The number of nitrogens with two attached hydrogens (primary N) is 2. The highest BCUT2D eigenvalue weighted by atomic mass is 15.3. The van der Waals surface area contributed by atoms with Crippen molar-refractivity contribution in [3.63, 3.8) is 0 Å². The van der Waals surface area contributed by atoms with E-state index in [4.69, 9.17) is 11.7 Å². The average molecular weight is 166 g/mol. The molecule has 0 saturated carbocycles. The van der Waals surface area contributed by atoms with Crippen molar-refractivity contribution in [3.05, 3.63) is 36.5 Å². The van der Waals surface area contributed by atoms with Gasteiger partial charge in [0.15, 0.2) is 5.84 Å². The molecular formula is C8H14N4. The minimum atomic E-state index is 0.424. The summed E-state index contributed by atoms with van der Waals surface area (Å²) in [5, 5.41) is 3.46. The Morgan fingerprint density at radius 2 is 2.25 bits per heavy atom. The van der Waals surface area contributed by atoms with Gasteiger partial charge in [-0.05, 0) is 6.92 Å². The van der Waals surface area contributed by atoms with Crippen LogP contribution in [-0.2, 0) is 0 Å². The van der Waals surface area contributed by atoms with Crippen molar-refractivity contribution in [2.24, 2.45) is 16.8 Å². The number of nitrogens with one attached hydrogen (secondary N) is 1. The van der Waals surface area contributed by atoms with E-state index in [2.05, 4.69) is 17.1 Å². The zero-order valence-corrected chi connectivity index (χ0v) is 7.12. The van der Waals surface area contributed by atoms with E-state index in [0.717, 1.165) is 5.57 Å². The van der Waals surface area contributed by atoms with Gasteiger partial charge in [-0.15, -0.1) is 0 Å². The van der Waals surface area contributed by atoms with E-state index >= 15 is 0 Å². The predicted octanol–water partition coefficient (Wildman–Crippen LogP) is 0.410. The first-order valence-electron chi connectivity index (χ1n) is 3.50. The Morgan fingerprint density at radius 1 is 1.58 bits per heavy atom. The molecule has 0 saturated heterocycles. The third kappa shape index (κ3) is 3.03. The van der Waals surface area contributed by atoms with Gasteiger partial charge in [0, 0.05) is 5.57 Å². The third-order valence-corrected chi connectivity index (χ3v) is 1.18. The van der Waals surface area contributed by atoms with Crippen LogP contribution in [0.25, 0.3) is 0 Å². The molecule has 0 fully saturated rings. The molecule has 0 aliphatic carbocycles. The number of rotatable bonds is 3. The van der Waals surface area contributed by atoms with Gasteiger partial charge in [-0.25, -0.2) is 5.84 Å². The van der Waals surface area contributed by atoms with Crippen LogP contribution in [0, 0.1) is 0 Å². The highest BCUT2D eigenvalue weighted by molar-refractivity contribution is 6.00. The SMILES string of the molecule is C=C/C=C(\C=C/C)C(=N/N)/NN. The summed E-state index contributed by atoms with van der Waals surface area (Å²) in [6.45, 7) is 5.45. The van der Waals surface area contributed by atoms with Gasteiger partial charge < -0.3 is 11.3 Å². The first-order valence-corrected chi connectivity index (χ1v) is 3.50. The third-order valence-electron chi connectivity index (χ3n) is 1.18. The fourth-order valence-electron chi connectivity index (χ4n) is 0.715. The topological polar surface area (TPSA) is 76.4 Å². The molecular weight excluding hydrogens is 152 g/mol. The Hall–Kier alpha value is -1.55. The van der Waals surface area contributed by atoms with E-state index in [1.54, 1.807) is 12.2 Å². The largest absolute Gasteiger partial charge is 0.321 e. The maximum Gasteiger partial charge on any atom is 0.166 e. The fraction of sp³-hybridized carbons (Fsp3) is 0.125. The zero-order valence-electron chi connectivity index (χ0n) is 7.12. The van der Waals surface area contributed by atoms with E-state index in [0.29, 0.717) is 5.84 Å². The average Bonchev–Trinajstić information content (AvgIpc) is 2.07. The minimum Gasteiger partial charge on any atom is -0.321 e. The Labute approximate surface area is 72.3 Å². The van der Waals surface area contributed by atoms with Crippen molar-refractivity contribution in [2.75, 3.05) is 0 Å². The molecule has 0 unspecified atom stereocenters. The van der Waals surface area contributed by atoms with E-state index in [-0.39, 0.29) is 0 Å². The molecule has 4 nitrogen and oxygen atoms in total. The van der Waals surface area contributed by atoms with Crippen LogP contribution in [0.2, 0.25) is 0 Å². The van der Waals surface area contributed by atoms with Gasteiger partial charge in [0.05, 0.1) is 0 Å². The van der Waals surface area contributed by atoms with E-state index in [1.807, 2.05) is 19.1 Å². The maximum atomic E-state index is 5.17. The summed E-state index contributed by atoms with van der Waals surface area (Å²) in [6, 6.07) is 0. The molecule has 0 aromatic rings. The van der Waals surface area contributed by atoms with Crippen molar-refractivity contribution in [2.45, 2.75) is 6.92 Å². The second kappa shape index (κ2) is 6.18. The summed E-state index contributed by atoms with van der Waals surface area (Å²) in [5.74, 6) is 10.7. The van der Waals surface area contributed by atoms with Gasteiger partial charge in [-0.3, -0.25) is 0 Å². The number of hydrazine groups is 1. The highest BCUT2D eigenvalue weighted by Crippen LogP contribution is 1.97. The fourth-order valence-corrected chi connectivity index (χ4v) is 0.715. The van der Waals surface area contributed by atoms with Crippen molar-refractivity contribution in [1.82, 2.24) is 5.43 Å². The molecule has 0 heterocycles. The van der Waals surface area contributed by atoms with Gasteiger partial charge in [-0.2, -0.15) is 5.10 Å². The van der Waals surface area contributed by atoms with Gasteiger partial charge in [-0.1, -0.05) is 30.9 Å². The summed E-state index contributed by atoms with van der Waals surface area (Å²) in [4.78, 5) is 0. The molecule has 66 valence electrons. The van der Waals surface area contributed by atoms with Crippen molar-refractivity contribution in [1.29, 1.82) is 0 Å². The number of amidine groups is 1. The van der Waals surface area contributed by atoms with Gasteiger partial charge in [0.2, 0.25) is 0 Å². The second-order valence-electron chi connectivity index (χ2n) is 1.98. The van der Waals surface area contributed by atoms with Crippen molar-refractivity contribution < 1.29 is 0 Å². The molecule has 0 aromatic heterocycles. The number of hydrogen-bond donors (Lipinski definition) is 3. The molecule has 0 rings (SSSR count). The Bertz CT molecular complexity index is 225. The van der Waals surface area contributed by atoms with Crippen molar-refractivity contribution >= 4 is 5.84 Å². The lowest BCUT2D eigenvalue weighted by Gasteiger charge is -2.02. The molecule has 0 atom stereocenters. The molecule has 0 aliphatic heterocycles. The van der Waals surface area contributed by atoms with Crippen LogP contribution in [0.5, 0.6) is 0 Å². The Morgan fingerprint density at radius 3 is 2.58 bits per heavy atom. The summed E-state index contributed by atoms with van der Waals surface area (Å²) in [7, 11) is 0. The van der Waals surface area contributed by atoms with Crippen LogP contribution < -0.4 is 17.1 Å². The monoisotopic (exact) mass is 166 g/mol. The first kappa shape index (κ1) is 10.4. The van der Waals surface area contributed by atoms with Gasteiger partial charge >= 0.3 is 0 Å². The normalized spacial score (nSPS) is 13.5. The highest BCUT2D eigenvalue weighted by Gasteiger charge is 1.98. The second-order valence-corrected chi connectivity index (χ2v) is 1.98. The summed E-state index contributed by atoms with van der Waals surface area (Å²) in [6.07, 6.45) is 7.08. The summed E-state index contributed by atoms with van der Waals surface area (Å²) in [5.41, 5.74) is 3.17. The predicted molar refractivity (Wildman–Crippen MR) is 52.0 cm³/mol. The number of hydrogen-bond acceptors (Lipinski definition) is 3. The quantitative estimate of drug-likeness (QED) is 0.187. The lowest BCUT2D eigenvalue weighted by molar-refractivity contribution is 1.00. The molecule has 4 heteroatoms. The van der Waals surface area contributed by atoms with Crippen LogP contribution in [0.15, 0.2) is 41.6 Å². The van der Waals surface area contributed by atoms with Gasteiger partial charge in [0.1, 0.15) is 0 Å². The van der Waals surface area contributed by atoms with E-state index < -0.39 is 0 Å². The molecule has 0 radical (unpaired) electrons. The van der Waals surface area contributed by atoms with E-state index in [1.165, 1.54) is 0 Å². The van der Waals surface area contributed by atoms with Gasteiger partial charge in [0.25, 0.3) is 0 Å². The standard InChI is InChI=1S/C8H14N4/c1-3-5-7(6-4-2)8(11-9)12-10/h3-6H,1,9-10H2,2H3,(H,11,12)/b6-4-,7-5+. The van der Waals surface area contributed by atoms with Crippen molar-refractivity contribution in [3.8, 4) is 0 Å². The lowest BCUT2D eigenvalue weighted by Crippen LogP contribution is -2.32. The maximum absolute atomic E-state index is 5.17. The van der Waals surface area contributed by atoms with Crippen LogP contribution in [0.4, 0.5) is 0 Å². The molecule has 0 bridgehead atoms. The zero-order chi connectivity index (χ0) is 9.40. The van der Waals surface area contributed by atoms with Crippen LogP contribution >= 0.6 is 0 Å². The molecule has 0 amide bonds. The van der Waals surface area contributed by atoms with Crippen LogP contribution in [-0.4, -0.2) is 5.84 Å². The lowest BCUT2D eigenvalue weighted by atomic mass is 10.2. The Balaban J connectivity index is 4.72. The smallest absolute Gasteiger partial charge is 0.166 e. The molecule has 0 aliphatic rings. The van der Waals surface area contributed by atoms with Crippen LogP contribution in [0.3, 0.4) is 0 Å². The number of allylic oxidation sites excluding steroid dienone is 3. The van der Waals surface area contributed by atoms with E-state index in [9.17, 15) is 0 Å². The number of hydrazone groups is 1. The molecule has 0 spiro atoms. The summed E-state index contributed by atoms with van der Waals surface area (Å²) < 4.78 is 0. The molecule has 5 N–H and O–H groups in total. The first-order chi connectivity index (χ1) is 5.79. The van der Waals surface area contributed by atoms with Crippen LogP contribution in [0.1, 0.15) is 6.92 Å². The Kier molecular flexibility index (Phi) is 5.38. The summed E-state index contributed by atoms with van der Waals surface area (Å²) >= 11 is 0. The molecule has 12 heavy (non-hydrogen) atoms. The molecule has 0 aromatic carbocycles. The number of nitrogens with zero attached hydrogens (tertiary/aromatic N) is 1. The minimum absolute atomic E-state index is 0.424.